The van der Waals surface area contributed by atoms with Gasteiger partial charge in [0.25, 0.3) is 0 Å². The van der Waals surface area contributed by atoms with Crippen LogP contribution in [-0.2, 0) is 0 Å². The fourth-order valence-electron chi connectivity index (χ4n) is 2.07. The molecule has 1 aliphatic heterocycles. The second-order valence-corrected chi connectivity index (χ2v) is 4.33. The third kappa shape index (κ3) is 3.63. The van der Waals surface area contributed by atoms with Crippen molar-refractivity contribution in [3.63, 3.8) is 0 Å². The van der Waals surface area contributed by atoms with Crippen LogP contribution in [0.5, 0.6) is 0 Å². The largest absolute Gasteiger partial charge is 0.350 e. The molecule has 1 rings (SSSR count). The minimum Gasteiger partial charge on any atom is -0.350 e. The van der Waals surface area contributed by atoms with Crippen LogP contribution in [0.3, 0.4) is 0 Å². The molecule has 0 amide bonds. The Kier molecular flexibility index (Phi) is 4.70. The Morgan fingerprint density at radius 2 is 1.62 bits per heavy atom. The van der Waals surface area contributed by atoms with E-state index in [1.54, 1.807) is 9.80 Å². The number of hydrogen-bond acceptors (Lipinski definition) is 0. The zero-order chi connectivity index (χ0) is 9.68. The molecule has 0 radical (unpaired) electrons. The summed E-state index contributed by atoms with van der Waals surface area (Å²) in [6, 6.07) is 0.665. The maximum absolute atomic E-state index is 4.16. The van der Waals surface area contributed by atoms with Crippen LogP contribution in [0.15, 0.2) is 0 Å². The monoisotopic (exact) mass is 188 g/mol. The maximum atomic E-state index is 4.16. The van der Waals surface area contributed by atoms with Crippen LogP contribution >= 0.6 is 0 Å². The average molecular weight is 188 g/mol. The second-order valence-electron chi connectivity index (χ2n) is 4.33. The van der Waals surface area contributed by atoms with Crippen LogP contribution in [0.25, 0.3) is 0 Å². The molecule has 1 fully saturated rings. The van der Waals surface area contributed by atoms with E-state index in [9.17, 15) is 0 Å². The molecular weight excluding hydrogens is 162 g/mol. The van der Waals surface area contributed by atoms with E-state index in [0.717, 1.165) is 0 Å². The number of piperazine rings is 1. The van der Waals surface area contributed by atoms with E-state index in [4.69, 9.17) is 0 Å². The average Bonchev–Trinajstić information content (AvgIpc) is 2.19. The molecule has 0 aromatic heterocycles. The summed E-state index contributed by atoms with van der Waals surface area (Å²) < 4.78 is 0. The van der Waals surface area contributed by atoms with Crippen molar-refractivity contribution in [1.29, 1.82) is 0 Å². The summed E-state index contributed by atoms with van der Waals surface area (Å²) in [5, 5.41) is 0. The fourth-order valence-corrected chi connectivity index (χ4v) is 2.07. The van der Waals surface area contributed by atoms with Gasteiger partial charge in [-0.2, -0.15) is 0 Å². The zero-order valence-corrected chi connectivity index (χ0v) is 9.23. The fraction of sp³-hybridized carbons (Fsp3) is 1.00. The number of quaternary nitrogens is 3. The Balaban J connectivity index is 2.17. The molecular formula is C10H26N3+3. The van der Waals surface area contributed by atoms with Gasteiger partial charge < -0.3 is 15.5 Å². The first-order valence-corrected chi connectivity index (χ1v) is 5.76. The van der Waals surface area contributed by atoms with Gasteiger partial charge in [0.1, 0.15) is 38.8 Å². The summed E-state index contributed by atoms with van der Waals surface area (Å²) in [5.74, 6) is 0. The zero-order valence-electron chi connectivity index (χ0n) is 9.23. The summed E-state index contributed by atoms with van der Waals surface area (Å²) in [7, 11) is 0. The Bertz CT molecular complexity index is 130. The molecule has 78 valence electrons. The van der Waals surface area contributed by atoms with E-state index < -0.39 is 0 Å². The Morgan fingerprint density at radius 3 is 2.08 bits per heavy atom. The van der Waals surface area contributed by atoms with Gasteiger partial charge in [-0.15, -0.1) is 0 Å². The number of hydrogen-bond donors (Lipinski definition) is 3. The molecule has 1 heterocycles. The lowest BCUT2D eigenvalue weighted by Gasteiger charge is -2.29. The predicted molar refractivity (Wildman–Crippen MR) is 53.8 cm³/mol. The van der Waals surface area contributed by atoms with Gasteiger partial charge in [-0.25, -0.2) is 0 Å². The molecule has 0 aromatic carbocycles. The van der Waals surface area contributed by atoms with E-state index in [-0.39, 0.29) is 0 Å². The third-order valence-electron chi connectivity index (χ3n) is 3.32. The number of likely N-dealkylation sites (N-methyl/N-ethyl adjacent to an activating group) is 1. The maximum Gasteiger partial charge on any atom is 0.134 e. The summed E-state index contributed by atoms with van der Waals surface area (Å²) >= 11 is 0. The van der Waals surface area contributed by atoms with E-state index in [1.807, 2.05) is 0 Å². The highest BCUT2D eigenvalue weighted by Crippen LogP contribution is 1.76. The molecule has 1 atom stereocenters. The lowest BCUT2D eigenvalue weighted by molar-refractivity contribution is -1.01. The Hall–Kier alpha value is -0.120. The Morgan fingerprint density at radius 1 is 1.08 bits per heavy atom. The molecule has 0 aliphatic carbocycles. The van der Waals surface area contributed by atoms with E-state index in [1.165, 1.54) is 45.7 Å². The van der Waals surface area contributed by atoms with Crippen LogP contribution < -0.4 is 15.5 Å². The first-order chi connectivity index (χ1) is 6.26. The minimum absolute atomic E-state index is 0.665. The SMILES string of the molecule is CC[C@@H]([NH3+])C[NH+]1CC[NH+](CC)CC1. The molecule has 13 heavy (non-hydrogen) atoms. The first kappa shape index (κ1) is 11.0. The molecule has 0 unspecified atom stereocenters. The molecule has 0 spiro atoms. The van der Waals surface area contributed by atoms with Gasteiger partial charge in [0.2, 0.25) is 0 Å². The van der Waals surface area contributed by atoms with Crippen LogP contribution in [0.1, 0.15) is 20.3 Å². The van der Waals surface area contributed by atoms with Crippen molar-refractivity contribution in [2.75, 3.05) is 39.3 Å². The van der Waals surface area contributed by atoms with E-state index in [0.29, 0.717) is 6.04 Å². The molecule has 1 aliphatic rings. The highest BCUT2D eigenvalue weighted by atomic mass is 15.3. The predicted octanol–water partition coefficient (Wildman–Crippen LogP) is -3.19. The highest BCUT2D eigenvalue weighted by Gasteiger charge is 2.23. The molecule has 5 N–H and O–H groups in total. The molecule has 0 saturated carbocycles. The Labute approximate surface area is 81.9 Å². The number of rotatable bonds is 4. The van der Waals surface area contributed by atoms with Crippen LogP contribution in [0.4, 0.5) is 0 Å². The van der Waals surface area contributed by atoms with Gasteiger partial charge in [0.15, 0.2) is 0 Å². The molecule has 3 heteroatoms. The van der Waals surface area contributed by atoms with Gasteiger partial charge >= 0.3 is 0 Å². The lowest BCUT2D eigenvalue weighted by atomic mass is 10.2. The third-order valence-corrected chi connectivity index (χ3v) is 3.32. The standard InChI is InChI=1S/C10H23N3/c1-3-10(11)9-13-7-5-12(4-2)6-8-13/h10H,3-9,11H2,1-2H3/p+3/t10-/m1/s1. The highest BCUT2D eigenvalue weighted by molar-refractivity contribution is 4.47. The topological polar surface area (TPSA) is 36.5 Å². The van der Waals surface area contributed by atoms with Crippen LogP contribution in [0, 0.1) is 0 Å². The van der Waals surface area contributed by atoms with Crippen molar-refractivity contribution in [1.82, 2.24) is 0 Å². The summed E-state index contributed by atoms with van der Waals surface area (Å²) in [5.41, 5.74) is 4.16. The smallest absolute Gasteiger partial charge is 0.134 e. The van der Waals surface area contributed by atoms with Crippen molar-refractivity contribution in [2.24, 2.45) is 0 Å². The quantitative estimate of drug-likeness (QED) is 0.416. The normalized spacial score (nSPS) is 31.6. The minimum atomic E-state index is 0.665. The van der Waals surface area contributed by atoms with Gasteiger partial charge in [-0.1, -0.05) is 6.92 Å². The van der Waals surface area contributed by atoms with Crippen LogP contribution in [0.2, 0.25) is 0 Å². The summed E-state index contributed by atoms with van der Waals surface area (Å²) in [4.78, 5) is 3.56. The number of nitrogens with one attached hydrogen (secondary N) is 2. The van der Waals surface area contributed by atoms with Gasteiger partial charge in [-0.05, 0) is 6.92 Å². The van der Waals surface area contributed by atoms with Crippen molar-refractivity contribution >= 4 is 0 Å². The van der Waals surface area contributed by atoms with E-state index >= 15 is 0 Å². The molecule has 0 aromatic rings. The van der Waals surface area contributed by atoms with Crippen molar-refractivity contribution in [3.05, 3.63) is 0 Å². The van der Waals surface area contributed by atoms with Gasteiger partial charge in [0, 0.05) is 6.42 Å². The molecule has 0 bridgehead atoms. The first-order valence-electron chi connectivity index (χ1n) is 5.76. The summed E-state index contributed by atoms with van der Waals surface area (Å²) in [6.45, 7) is 12.6. The van der Waals surface area contributed by atoms with E-state index in [2.05, 4.69) is 19.6 Å². The molecule has 3 nitrogen and oxygen atoms in total. The van der Waals surface area contributed by atoms with Crippen LogP contribution in [-0.4, -0.2) is 45.3 Å². The lowest BCUT2D eigenvalue weighted by Crippen LogP contribution is -3.28. The second kappa shape index (κ2) is 5.58. The van der Waals surface area contributed by atoms with Crippen molar-refractivity contribution < 1.29 is 15.5 Å². The van der Waals surface area contributed by atoms with Crippen molar-refractivity contribution in [2.45, 2.75) is 26.3 Å². The van der Waals surface area contributed by atoms with Crippen molar-refractivity contribution in [3.8, 4) is 0 Å². The van der Waals surface area contributed by atoms with Gasteiger partial charge in [-0.3, -0.25) is 0 Å². The summed E-state index contributed by atoms with van der Waals surface area (Å²) in [6.07, 6.45) is 1.23. The molecule has 1 saturated heterocycles. The van der Waals surface area contributed by atoms with Gasteiger partial charge in [0.05, 0.1) is 6.54 Å².